The molecule has 0 saturated heterocycles. The molecule has 0 aromatic heterocycles. The summed E-state index contributed by atoms with van der Waals surface area (Å²) < 4.78 is 0. The van der Waals surface area contributed by atoms with Crippen LogP contribution in [-0.4, -0.2) is 55.2 Å². The van der Waals surface area contributed by atoms with E-state index in [4.69, 9.17) is 5.11 Å². The molecule has 0 aliphatic carbocycles. The van der Waals surface area contributed by atoms with Crippen LogP contribution in [0.3, 0.4) is 0 Å². The van der Waals surface area contributed by atoms with E-state index in [1.54, 1.807) is 13.8 Å². The van der Waals surface area contributed by atoms with Gasteiger partial charge in [0.2, 0.25) is 0 Å². The van der Waals surface area contributed by atoms with E-state index in [2.05, 4.69) is 15.5 Å². The fourth-order valence-electron chi connectivity index (χ4n) is 1.46. The van der Waals surface area contributed by atoms with Crippen LogP contribution >= 0.6 is 0 Å². The van der Waals surface area contributed by atoms with Gasteiger partial charge in [0, 0.05) is 6.54 Å². The van der Waals surface area contributed by atoms with Crippen LogP contribution in [0.1, 0.15) is 26.7 Å². The Morgan fingerprint density at radius 2 is 1.83 bits per heavy atom. The van der Waals surface area contributed by atoms with Crippen molar-refractivity contribution < 1.29 is 14.7 Å². The molecule has 0 bridgehead atoms. The van der Waals surface area contributed by atoms with E-state index in [0.717, 1.165) is 19.4 Å². The van der Waals surface area contributed by atoms with E-state index < -0.39 is 18.0 Å². The average molecular weight is 259 g/mol. The third-order valence-electron chi connectivity index (χ3n) is 2.54. The van der Waals surface area contributed by atoms with Crippen molar-refractivity contribution in [2.75, 3.05) is 27.2 Å². The SMILES string of the molecule is CC(C)[C@@H](NC(=O)NCCCCN(C)C)C(=O)O. The summed E-state index contributed by atoms with van der Waals surface area (Å²) in [4.78, 5) is 24.4. The maximum absolute atomic E-state index is 11.5. The first kappa shape index (κ1) is 16.7. The molecule has 2 amide bonds. The van der Waals surface area contributed by atoms with Crippen LogP contribution in [0, 0.1) is 5.92 Å². The molecule has 0 aromatic rings. The van der Waals surface area contributed by atoms with E-state index in [-0.39, 0.29) is 5.92 Å². The van der Waals surface area contributed by atoms with Gasteiger partial charge in [0.15, 0.2) is 0 Å². The first-order chi connectivity index (χ1) is 8.34. The van der Waals surface area contributed by atoms with Crippen molar-refractivity contribution in [2.24, 2.45) is 5.92 Å². The standard InChI is InChI=1S/C12H25N3O3/c1-9(2)10(11(16)17)14-12(18)13-7-5-6-8-15(3)4/h9-10H,5-8H2,1-4H3,(H,16,17)(H2,13,14,18)/t10-/m1/s1. The molecule has 3 N–H and O–H groups in total. The van der Waals surface area contributed by atoms with Crippen molar-refractivity contribution in [3.63, 3.8) is 0 Å². The molecule has 1 atom stereocenters. The zero-order valence-electron chi connectivity index (χ0n) is 11.7. The summed E-state index contributed by atoms with van der Waals surface area (Å²) in [5, 5.41) is 14.0. The number of rotatable bonds is 8. The van der Waals surface area contributed by atoms with Crippen molar-refractivity contribution in [3.8, 4) is 0 Å². The Morgan fingerprint density at radius 1 is 1.22 bits per heavy atom. The molecule has 106 valence electrons. The maximum Gasteiger partial charge on any atom is 0.326 e. The second-order valence-corrected chi connectivity index (χ2v) is 4.97. The number of aliphatic carboxylic acids is 1. The Bertz CT molecular complexity index is 267. The van der Waals surface area contributed by atoms with E-state index in [1.807, 2.05) is 14.1 Å². The van der Waals surface area contributed by atoms with Crippen LogP contribution in [-0.2, 0) is 4.79 Å². The van der Waals surface area contributed by atoms with Crippen LogP contribution < -0.4 is 10.6 Å². The quantitative estimate of drug-likeness (QED) is 0.561. The zero-order chi connectivity index (χ0) is 14.1. The lowest BCUT2D eigenvalue weighted by Gasteiger charge is -2.18. The number of nitrogens with zero attached hydrogens (tertiary/aromatic N) is 1. The molecule has 0 aromatic carbocycles. The molecule has 0 heterocycles. The Morgan fingerprint density at radius 3 is 2.28 bits per heavy atom. The number of carbonyl (C=O) groups excluding carboxylic acids is 1. The molecule has 6 nitrogen and oxygen atoms in total. The summed E-state index contributed by atoms with van der Waals surface area (Å²) in [6, 6.07) is -1.26. The van der Waals surface area contributed by atoms with E-state index in [1.165, 1.54) is 0 Å². The van der Waals surface area contributed by atoms with Gasteiger partial charge in [0.05, 0.1) is 0 Å². The normalized spacial score (nSPS) is 12.6. The number of nitrogens with one attached hydrogen (secondary N) is 2. The highest BCUT2D eigenvalue weighted by atomic mass is 16.4. The number of carboxylic acids is 1. The molecular weight excluding hydrogens is 234 g/mol. The highest BCUT2D eigenvalue weighted by molar-refractivity contribution is 5.82. The molecule has 0 radical (unpaired) electrons. The van der Waals surface area contributed by atoms with Crippen molar-refractivity contribution in [1.29, 1.82) is 0 Å². The van der Waals surface area contributed by atoms with Crippen LogP contribution in [0.4, 0.5) is 4.79 Å². The van der Waals surface area contributed by atoms with Crippen molar-refractivity contribution in [2.45, 2.75) is 32.7 Å². The summed E-state index contributed by atoms with van der Waals surface area (Å²) in [5.74, 6) is -1.14. The third-order valence-corrected chi connectivity index (χ3v) is 2.54. The van der Waals surface area contributed by atoms with Gasteiger partial charge < -0.3 is 20.6 Å². The molecule has 0 unspecified atom stereocenters. The van der Waals surface area contributed by atoms with Crippen molar-refractivity contribution >= 4 is 12.0 Å². The van der Waals surface area contributed by atoms with E-state index >= 15 is 0 Å². The number of unbranched alkanes of at least 4 members (excludes halogenated alkanes) is 1. The number of carboxylic acid groups (broad SMARTS) is 1. The third kappa shape index (κ3) is 7.89. The van der Waals surface area contributed by atoms with Crippen molar-refractivity contribution in [3.05, 3.63) is 0 Å². The van der Waals surface area contributed by atoms with Gasteiger partial charge >= 0.3 is 12.0 Å². The van der Waals surface area contributed by atoms with Gasteiger partial charge in [-0.2, -0.15) is 0 Å². The summed E-state index contributed by atoms with van der Waals surface area (Å²) in [6.07, 6.45) is 1.88. The minimum atomic E-state index is -1.01. The molecule has 0 rings (SSSR count). The number of carbonyl (C=O) groups is 2. The summed E-state index contributed by atoms with van der Waals surface area (Å²) in [6.45, 7) is 5.06. The van der Waals surface area contributed by atoms with E-state index in [0.29, 0.717) is 6.54 Å². The van der Waals surface area contributed by atoms with Gasteiger partial charge in [-0.1, -0.05) is 13.8 Å². The van der Waals surface area contributed by atoms with Gasteiger partial charge in [-0.25, -0.2) is 9.59 Å². The summed E-state index contributed by atoms with van der Waals surface area (Å²) in [5.41, 5.74) is 0. The van der Waals surface area contributed by atoms with Gasteiger partial charge in [0.1, 0.15) is 6.04 Å². The molecule has 0 spiro atoms. The lowest BCUT2D eigenvalue weighted by molar-refractivity contribution is -0.140. The number of hydrogen-bond donors (Lipinski definition) is 3. The zero-order valence-corrected chi connectivity index (χ0v) is 11.7. The van der Waals surface area contributed by atoms with Crippen LogP contribution in [0.25, 0.3) is 0 Å². The molecule has 0 aliphatic heterocycles. The Balaban J connectivity index is 3.79. The molecule has 6 heteroatoms. The topological polar surface area (TPSA) is 81.7 Å². The van der Waals surface area contributed by atoms with Gasteiger partial charge in [-0.05, 0) is 39.4 Å². The predicted octanol–water partition coefficient (Wildman–Crippen LogP) is 0.737. The van der Waals surface area contributed by atoms with Crippen LogP contribution in [0.2, 0.25) is 0 Å². The minimum Gasteiger partial charge on any atom is -0.480 e. The summed E-state index contributed by atoms with van der Waals surface area (Å²) in [7, 11) is 4.00. The fraction of sp³-hybridized carbons (Fsp3) is 0.833. The Hall–Kier alpha value is -1.30. The van der Waals surface area contributed by atoms with E-state index in [9.17, 15) is 9.59 Å². The lowest BCUT2D eigenvalue weighted by Crippen LogP contribution is -2.48. The number of amides is 2. The Labute approximate surface area is 109 Å². The van der Waals surface area contributed by atoms with Crippen molar-refractivity contribution in [1.82, 2.24) is 15.5 Å². The van der Waals surface area contributed by atoms with Gasteiger partial charge in [-0.15, -0.1) is 0 Å². The first-order valence-corrected chi connectivity index (χ1v) is 6.26. The minimum absolute atomic E-state index is 0.137. The second kappa shape index (κ2) is 8.74. The maximum atomic E-state index is 11.5. The van der Waals surface area contributed by atoms with Crippen LogP contribution in [0.5, 0.6) is 0 Å². The largest absolute Gasteiger partial charge is 0.480 e. The van der Waals surface area contributed by atoms with Crippen LogP contribution in [0.15, 0.2) is 0 Å². The average Bonchev–Trinajstić information content (AvgIpc) is 2.24. The predicted molar refractivity (Wildman–Crippen MR) is 70.6 cm³/mol. The Kier molecular flexibility index (Phi) is 8.11. The number of hydrogen-bond acceptors (Lipinski definition) is 3. The highest BCUT2D eigenvalue weighted by Crippen LogP contribution is 2.01. The molecule has 18 heavy (non-hydrogen) atoms. The molecule has 0 saturated carbocycles. The first-order valence-electron chi connectivity index (χ1n) is 6.26. The summed E-state index contributed by atoms with van der Waals surface area (Å²) >= 11 is 0. The highest BCUT2D eigenvalue weighted by Gasteiger charge is 2.22. The monoisotopic (exact) mass is 259 g/mol. The second-order valence-electron chi connectivity index (χ2n) is 4.97. The fourth-order valence-corrected chi connectivity index (χ4v) is 1.46. The number of urea groups is 1. The molecular formula is C12H25N3O3. The molecule has 0 fully saturated rings. The van der Waals surface area contributed by atoms with Gasteiger partial charge in [0.25, 0.3) is 0 Å². The van der Waals surface area contributed by atoms with Gasteiger partial charge in [-0.3, -0.25) is 0 Å². The molecule has 0 aliphatic rings. The lowest BCUT2D eigenvalue weighted by atomic mass is 10.1. The smallest absolute Gasteiger partial charge is 0.326 e.